The van der Waals surface area contributed by atoms with Crippen molar-refractivity contribution in [2.24, 2.45) is 0 Å². The third kappa shape index (κ3) is 4.07. The average Bonchev–Trinajstić information content (AvgIpc) is 3.25. The van der Waals surface area contributed by atoms with E-state index in [1.54, 1.807) is 23.1 Å². The molecule has 0 bridgehead atoms. The van der Waals surface area contributed by atoms with Crippen molar-refractivity contribution in [3.8, 4) is 11.1 Å². The van der Waals surface area contributed by atoms with Crippen molar-refractivity contribution in [2.75, 3.05) is 16.8 Å². The summed E-state index contributed by atoms with van der Waals surface area (Å²) in [5, 5.41) is 2.69. The van der Waals surface area contributed by atoms with Crippen LogP contribution in [0.4, 0.5) is 20.6 Å². The number of benzene rings is 3. The number of para-hydroxylation sites is 1. The molecule has 0 radical (unpaired) electrons. The van der Waals surface area contributed by atoms with Crippen LogP contribution in [0.25, 0.3) is 11.1 Å². The Morgan fingerprint density at radius 1 is 0.903 bits per heavy atom. The van der Waals surface area contributed by atoms with Crippen molar-refractivity contribution >= 4 is 17.4 Å². The lowest BCUT2D eigenvalue weighted by Gasteiger charge is -2.22. The number of fused-ring (bicyclic) bond motifs is 1. The van der Waals surface area contributed by atoms with Crippen LogP contribution in [0.15, 0.2) is 66.7 Å². The van der Waals surface area contributed by atoms with Gasteiger partial charge in [-0.1, -0.05) is 61.7 Å². The van der Waals surface area contributed by atoms with E-state index in [1.807, 2.05) is 6.07 Å². The maximum atomic E-state index is 13.9. The molecular weight excluding hydrogens is 387 g/mol. The monoisotopic (exact) mass is 414 g/mol. The molecule has 5 rings (SSSR count). The van der Waals surface area contributed by atoms with Gasteiger partial charge in [-0.05, 0) is 71.7 Å². The van der Waals surface area contributed by atoms with Crippen LogP contribution in [0.1, 0.15) is 49.1 Å². The maximum Gasteiger partial charge on any atom is 0.326 e. The van der Waals surface area contributed by atoms with E-state index in [4.69, 9.17) is 0 Å². The van der Waals surface area contributed by atoms with E-state index in [0.717, 1.165) is 17.7 Å². The Kier molecular flexibility index (Phi) is 5.46. The van der Waals surface area contributed by atoms with Crippen LogP contribution in [0, 0.1) is 5.82 Å². The Hall–Kier alpha value is -3.14. The van der Waals surface area contributed by atoms with Crippen molar-refractivity contribution in [1.82, 2.24) is 0 Å². The highest BCUT2D eigenvalue weighted by Crippen LogP contribution is 2.35. The van der Waals surface area contributed by atoms with E-state index < -0.39 is 5.82 Å². The summed E-state index contributed by atoms with van der Waals surface area (Å²) in [6, 6.07) is 21.2. The van der Waals surface area contributed by atoms with Crippen LogP contribution in [-0.4, -0.2) is 12.6 Å². The standard InChI is InChI=1S/C27H27FN2O/c28-24-8-4-5-9-25(24)29-27(31)30-17-16-23-18-22(14-15-26(23)30)21-12-10-20(11-13-21)19-6-2-1-3-7-19/h4-5,8-15,18-19H,1-3,6-7,16-17H2,(H,29,31). The number of urea groups is 1. The summed E-state index contributed by atoms with van der Waals surface area (Å²) in [6.07, 6.45) is 7.48. The summed E-state index contributed by atoms with van der Waals surface area (Å²) in [7, 11) is 0. The second kappa shape index (κ2) is 8.54. The maximum absolute atomic E-state index is 13.9. The van der Waals surface area contributed by atoms with E-state index >= 15 is 0 Å². The van der Waals surface area contributed by atoms with E-state index in [1.165, 1.54) is 54.9 Å². The van der Waals surface area contributed by atoms with Gasteiger partial charge in [0.25, 0.3) is 0 Å². The third-order valence-electron chi connectivity index (χ3n) is 6.66. The number of anilines is 2. The lowest BCUT2D eigenvalue weighted by molar-refractivity contribution is 0.257. The van der Waals surface area contributed by atoms with Crippen molar-refractivity contribution in [3.63, 3.8) is 0 Å². The first kappa shape index (κ1) is 19.8. The largest absolute Gasteiger partial charge is 0.326 e. The molecule has 3 aromatic carbocycles. The highest BCUT2D eigenvalue weighted by molar-refractivity contribution is 6.03. The van der Waals surface area contributed by atoms with Gasteiger partial charge in [0.2, 0.25) is 0 Å². The normalized spacial score (nSPS) is 16.2. The molecule has 3 aromatic rings. The fourth-order valence-electron chi connectivity index (χ4n) is 4.92. The quantitative estimate of drug-likeness (QED) is 0.485. The van der Waals surface area contributed by atoms with Crippen molar-refractivity contribution in [2.45, 2.75) is 44.4 Å². The molecule has 1 aliphatic carbocycles. The molecule has 4 heteroatoms. The Labute approximate surface area is 182 Å². The summed E-state index contributed by atoms with van der Waals surface area (Å²) < 4.78 is 13.9. The summed E-state index contributed by atoms with van der Waals surface area (Å²) in [5.74, 6) is 0.284. The minimum absolute atomic E-state index is 0.204. The molecule has 158 valence electrons. The van der Waals surface area contributed by atoms with E-state index in [0.29, 0.717) is 12.5 Å². The van der Waals surface area contributed by atoms with Gasteiger partial charge >= 0.3 is 6.03 Å². The van der Waals surface area contributed by atoms with Gasteiger partial charge in [-0.3, -0.25) is 4.90 Å². The Morgan fingerprint density at radius 2 is 1.65 bits per heavy atom. The minimum atomic E-state index is -0.428. The Balaban J connectivity index is 1.32. The molecule has 0 atom stereocenters. The molecule has 2 amide bonds. The zero-order chi connectivity index (χ0) is 21.2. The summed E-state index contributed by atoms with van der Waals surface area (Å²) >= 11 is 0. The van der Waals surface area contributed by atoms with Gasteiger partial charge in [0, 0.05) is 12.2 Å². The van der Waals surface area contributed by atoms with Crippen LogP contribution < -0.4 is 10.2 Å². The van der Waals surface area contributed by atoms with E-state index in [-0.39, 0.29) is 11.7 Å². The predicted molar refractivity (Wildman–Crippen MR) is 124 cm³/mol. The molecule has 1 heterocycles. The SMILES string of the molecule is O=C(Nc1ccccc1F)N1CCc2cc(-c3ccc(C4CCCCC4)cc3)ccc21. The average molecular weight is 415 g/mol. The van der Waals surface area contributed by atoms with E-state index in [2.05, 4.69) is 41.7 Å². The second-order valence-electron chi connectivity index (χ2n) is 8.61. The molecule has 3 nitrogen and oxygen atoms in total. The molecule has 31 heavy (non-hydrogen) atoms. The number of carbonyl (C=O) groups excluding carboxylic acids is 1. The Bertz CT molecular complexity index is 1090. The van der Waals surface area contributed by atoms with Crippen LogP contribution >= 0.6 is 0 Å². The van der Waals surface area contributed by atoms with Crippen LogP contribution in [0.3, 0.4) is 0 Å². The van der Waals surface area contributed by atoms with Gasteiger partial charge in [0.15, 0.2) is 0 Å². The number of hydrogen-bond donors (Lipinski definition) is 1. The first-order valence-corrected chi connectivity index (χ1v) is 11.3. The number of amides is 2. The van der Waals surface area contributed by atoms with Gasteiger partial charge in [-0.25, -0.2) is 9.18 Å². The predicted octanol–water partition coefficient (Wildman–Crippen LogP) is 7.14. The highest BCUT2D eigenvalue weighted by Gasteiger charge is 2.25. The number of nitrogens with zero attached hydrogens (tertiary/aromatic N) is 1. The molecule has 0 saturated heterocycles. The Morgan fingerprint density at radius 3 is 2.42 bits per heavy atom. The fraction of sp³-hybridized carbons (Fsp3) is 0.296. The molecule has 1 N–H and O–H groups in total. The molecule has 2 aliphatic rings. The summed E-state index contributed by atoms with van der Waals surface area (Å²) in [5.41, 5.74) is 6.09. The zero-order valence-electron chi connectivity index (χ0n) is 17.6. The van der Waals surface area contributed by atoms with Crippen LogP contribution in [0.2, 0.25) is 0 Å². The number of halogens is 1. The van der Waals surface area contributed by atoms with Gasteiger partial charge in [0.1, 0.15) is 5.82 Å². The lowest BCUT2D eigenvalue weighted by Crippen LogP contribution is -2.33. The highest BCUT2D eigenvalue weighted by atomic mass is 19.1. The first-order valence-electron chi connectivity index (χ1n) is 11.3. The van der Waals surface area contributed by atoms with Crippen molar-refractivity contribution < 1.29 is 9.18 Å². The van der Waals surface area contributed by atoms with Gasteiger partial charge in [-0.15, -0.1) is 0 Å². The molecule has 1 saturated carbocycles. The van der Waals surface area contributed by atoms with Crippen molar-refractivity contribution in [3.05, 3.63) is 83.7 Å². The topological polar surface area (TPSA) is 32.3 Å². The fourth-order valence-corrected chi connectivity index (χ4v) is 4.92. The molecule has 1 aliphatic heterocycles. The molecule has 0 spiro atoms. The van der Waals surface area contributed by atoms with Gasteiger partial charge in [0.05, 0.1) is 5.69 Å². The lowest BCUT2D eigenvalue weighted by atomic mass is 9.83. The first-order chi connectivity index (χ1) is 15.2. The third-order valence-corrected chi connectivity index (χ3v) is 6.66. The molecule has 0 aromatic heterocycles. The van der Waals surface area contributed by atoms with E-state index in [9.17, 15) is 9.18 Å². The zero-order valence-corrected chi connectivity index (χ0v) is 17.6. The molecule has 0 unspecified atom stereocenters. The minimum Gasteiger partial charge on any atom is -0.305 e. The molecule has 1 fully saturated rings. The molecular formula is C27H27FN2O. The number of carbonyl (C=O) groups is 1. The second-order valence-corrected chi connectivity index (χ2v) is 8.61. The van der Waals surface area contributed by atoms with Gasteiger partial charge < -0.3 is 5.32 Å². The summed E-state index contributed by atoms with van der Waals surface area (Å²) in [6.45, 7) is 0.597. The van der Waals surface area contributed by atoms with Crippen LogP contribution in [0.5, 0.6) is 0 Å². The van der Waals surface area contributed by atoms with Crippen molar-refractivity contribution in [1.29, 1.82) is 0 Å². The van der Waals surface area contributed by atoms with Gasteiger partial charge in [-0.2, -0.15) is 0 Å². The van der Waals surface area contributed by atoms with Crippen LogP contribution in [-0.2, 0) is 6.42 Å². The number of rotatable bonds is 3. The number of nitrogens with one attached hydrogen (secondary N) is 1. The summed E-state index contributed by atoms with van der Waals surface area (Å²) in [4.78, 5) is 14.4. The smallest absolute Gasteiger partial charge is 0.305 e. The number of hydrogen-bond acceptors (Lipinski definition) is 1.